The maximum atomic E-state index is 5.13. The molecule has 0 aromatic carbocycles. The first-order valence-corrected chi connectivity index (χ1v) is 3.50. The molecule has 46 valence electrons. The molecule has 0 aliphatic carbocycles. The number of aromatic nitrogens is 1. The highest BCUT2D eigenvalue weighted by molar-refractivity contribution is 8.02. The number of ether oxygens (including phenoxy) is 1. The molecule has 1 aromatic rings. The topological polar surface area (TPSA) is 25.0 Å². The number of nitrogens with one attached hydrogen (secondary N) is 1. The maximum Gasteiger partial charge on any atom is 0.157 e. The Labute approximate surface area is 56.9 Å². The first kappa shape index (κ1) is 4.99. The Kier molecular flexibility index (Phi) is 1.02. The fraction of sp³-hybridized carbons (Fsp3) is 0. The van der Waals surface area contributed by atoms with Gasteiger partial charge in [0, 0.05) is 17.8 Å². The molecule has 0 radical (unpaired) electrons. The predicted molar refractivity (Wildman–Crippen MR) is 36.4 cm³/mol. The van der Waals surface area contributed by atoms with E-state index in [1.165, 1.54) is 0 Å². The fourth-order valence-electron chi connectivity index (χ4n) is 0.722. The van der Waals surface area contributed by atoms with Gasteiger partial charge in [0.25, 0.3) is 0 Å². The molecule has 0 spiro atoms. The van der Waals surface area contributed by atoms with E-state index in [0.29, 0.717) is 0 Å². The number of H-pyrrole nitrogens is 1. The van der Waals surface area contributed by atoms with Crippen LogP contribution in [0.2, 0.25) is 0 Å². The van der Waals surface area contributed by atoms with E-state index in [2.05, 4.69) is 4.98 Å². The average molecular weight is 139 g/mol. The summed E-state index contributed by atoms with van der Waals surface area (Å²) in [6.07, 6.45) is 5.44. The molecule has 0 atom stereocenters. The summed E-state index contributed by atoms with van der Waals surface area (Å²) in [6.45, 7) is 0. The smallest absolute Gasteiger partial charge is 0.157 e. The highest BCUT2D eigenvalue weighted by Crippen LogP contribution is 2.32. The molecule has 2 rings (SSSR count). The van der Waals surface area contributed by atoms with Crippen molar-refractivity contribution in [2.75, 3.05) is 0 Å². The van der Waals surface area contributed by atoms with Crippen LogP contribution < -0.4 is 4.74 Å². The van der Waals surface area contributed by atoms with Crippen LogP contribution in [-0.2, 0) is 0 Å². The lowest BCUT2D eigenvalue weighted by Gasteiger charge is -2.03. The Hall–Kier alpha value is -0.830. The van der Waals surface area contributed by atoms with Crippen LogP contribution in [0.4, 0.5) is 0 Å². The molecule has 0 saturated heterocycles. The number of hydrogen-bond donors (Lipinski definition) is 1. The van der Waals surface area contributed by atoms with Crippen molar-refractivity contribution in [2.45, 2.75) is 4.90 Å². The number of aromatic amines is 1. The van der Waals surface area contributed by atoms with E-state index in [1.54, 1.807) is 18.0 Å². The molecule has 9 heavy (non-hydrogen) atoms. The van der Waals surface area contributed by atoms with Gasteiger partial charge in [-0.15, -0.1) is 0 Å². The van der Waals surface area contributed by atoms with Crippen molar-refractivity contribution >= 4 is 11.8 Å². The van der Waals surface area contributed by atoms with E-state index < -0.39 is 0 Å². The second-order valence-electron chi connectivity index (χ2n) is 1.69. The highest BCUT2D eigenvalue weighted by Gasteiger charge is 2.05. The molecule has 0 unspecified atom stereocenters. The zero-order valence-electron chi connectivity index (χ0n) is 4.63. The second-order valence-corrected chi connectivity index (χ2v) is 2.64. The summed E-state index contributed by atoms with van der Waals surface area (Å²) in [5.74, 6) is 0.919. The number of thioether (sulfide) groups is 1. The SMILES string of the molecule is C1=CSc2c[nH]cc2O1. The van der Waals surface area contributed by atoms with E-state index in [1.807, 2.05) is 17.8 Å². The molecular formula is C6H5NOS. The van der Waals surface area contributed by atoms with Crippen LogP contribution in [0.3, 0.4) is 0 Å². The van der Waals surface area contributed by atoms with Crippen LogP contribution in [0.25, 0.3) is 0 Å². The minimum absolute atomic E-state index is 0.919. The quantitative estimate of drug-likeness (QED) is 0.594. The largest absolute Gasteiger partial charge is 0.462 e. The van der Waals surface area contributed by atoms with E-state index in [0.717, 1.165) is 10.6 Å². The molecule has 1 aliphatic heterocycles. The minimum atomic E-state index is 0.919. The summed E-state index contributed by atoms with van der Waals surface area (Å²) >= 11 is 1.66. The molecule has 1 aromatic heterocycles. The van der Waals surface area contributed by atoms with Gasteiger partial charge in [0.1, 0.15) is 0 Å². The molecule has 3 heteroatoms. The standard InChI is InChI=1S/C6H5NOS/c1-2-9-6-4-7-3-5(6)8-1/h1-4,7H. The Morgan fingerprint density at radius 2 is 2.44 bits per heavy atom. The zero-order valence-corrected chi connectivity index (χ0v) is 5.44. The van der Waals surface area contributed by atoms with Gasteiger partial charge in [0.05, 0.1) is 11.2 Å². The summed E-state index contributed by atoms with van der Waals surface area (Å²) in [6, 6.07) is 0. The zero-order chi connectivity index (χ0) is 6.10. The summed E-state index contributed by atoms with van der Waals surface area (Å²) in [5.41, 5.74) is 0. The third kappa shape index (κ3) is 0.733. The van der Waals surface area contributed by atoms with Crippen LogP contribution in [0.15, 0.2) is 29.0 Å². The molecular weight excluding hydrogens is 134 g/mol. The van der Waals surface area contributed by atoms with Crippen molar-refractivity contribution in [3.63, 3.8) is 0 Å². The summed E-state index contributed by atoms with van der Waals surface area (Å²) in [5, 5.41) is 1.91. The van der Waals surface area contributed by atoms with E-state index in [4.69, 9.17) is 4.74 Å². The second kappa shape index (κ2) is 1.84. The van der Waals surface area contributed by atoms with Gasteiger partial charge in [0.2, 0.25) is 0 Å². The normalized spacial score (nSPS) is 14.7. The van der Waals surface area contributed by atoms with Crippen molar-refractivity contribution in [3.05, 3.63) is 24.1 Å². The average Bonchev–Trinajstić information content (AvgIpc) is 2.33. The van der Waals surface area contributed by atoms with Crippen LogP contribution in [0, 0.1) is 0 Å². The molecule has 0 saturated carbocycles. The molecule has 1 N–H and O–H groups in total. The monoisotopic (exact) mass is 139 g/mol. The molecule has 0 bridgehead atoms. The Morgan fingerprint density at radius 1 is 1.44 bits per heavy atom. The van der Waals surface area contributed by atoms with Crippen LogP contribution in [0.1, 0.15) is 0 Å². The van der Waals surface area contributed by atoms with Crippen molar-refractivity contribution in [2.24, 2.45) is 0 Å². The summed E-state index contributed by atoms with van der Waals surface area (Å²) in [7, 11) is 0. The molecule has 0 amide bonds. The lowest BCUT2D eigenvalue weighted by molar-refractivity contribution is 0.470. The summed E-state index contributed by atoms with van der Waals surface area (Å²) < 4.78 is 5.13. The van der Waals surface area contributed by atoms with Gasteiger partial charge in [-0.25, -0.2) is 0 Å². The van der Waals surface area contributed by atoms with E-state index >= 15 is 0 Å². The van der Waals surface area contributed by atoms with Gasteiger partial charge in [0.15, 0.2) is 5.75 Å². The molecule has 2 heterocycles. The van der Waals surface area contributed by atoms with Crippen LogP contribution >= 0.6 is 11.8 Å². The van der Waals surface area contributed by atoms with Crippen molar-refractivity contribution in [1.82, 2.24) is 4.98 Å². The predicted octanol–water partition coefficient (Wildman–Crippen LogP) is 1.97. The van der Waals surface area contributed by atoms with E-state index in [9.17, 15) is 0 Å². The first-order valence-electron chi connectivity index (χ1n) is 2.62. The third-order valence-electron chi connectivity index (χ3n) is 1.12. The van der Waals surface area contributed by atoms with Gasteiger partial charge in [-0.1, -0.05) is 11.8 Å². The van der Waals surface area contributed by atoms with Gasteiger partial charge in [-0.05, 0) is 0 Å². The minimum Gasteiger partial charge on any atom is -0.462 e. The van der Waals surface area contributed by atoms with Gasteiger partial charge in [-0.2, -0.15) is 0 Å². The lowest BCUT2D eigenvalue weighted by Crippen LogP contribution is -1.83. The first-order chi connectivity index (χ1) is 4.47. The van der Waals surface area contributed by atoms with Crippen LogP contribution in [0.5, 0.6) is 5.75 Å². The Bertz CT molecular complexity index is 218. The number of fused-ring (bicyclic) bond motifs is 1. The van der Waals surface area contributed by atoms with Gasteiger partial charge >= 0.3 is 0 Å². The van der Waals surface area contributed by atoms with Crippen molar-refractivity contribution < 1.29 is 4.74 Å². The van der Waals surface area contributed by atoms with Crippen molar-refractivity contribution in [1.29, 1.82) is 0 Å². The molecule has 0 fully saturated rings. The molecule has 1 aliphatic rings. The Balaban J connectivity index is 2.46. The number of hydrogen-bond acceptors (Lipinski definition) is 2. The van der Waals surface area contributed by atoms with Gasteiger partial charge < -0.3 is 9.72 Å². The maximum absolute atomic E-state index is 5.13. The molecule has 2 nitrogen and oxygen atoms in total. The third-order valence-corrected chi connectivity index (χ3v) is 1.94. The highest BCUT2D eigenvalue weighted by atomic mass is 32.2. The Morgan fingerprint density at radius 3 is 3.33 bits per heavy atom. The van der Waals surface area contributed by atoms with Gasteiger partial charge in [-0.3, -0.25) is 0 Å². The fourth-order valence-corrected chi connectivity index (χ4v) is 1.34. The lowest BCUT2D eigenvalue weighted by atomic mass is 10.6. The summed E-state index contributed by atoms with van der Waals surface area (Å²) in [4.78, 5) is 4.10. The van der Waals surface area contributed by atoms with Crippen molar-refractivity contribution in [3.8, 4) is 5.75 Å². The number of rotatable bonds is 0. The van der Waals surface area contributed by atoms with E-state index in [-0.39, 0.29) is 0 Å². The van der Waals surface area contributed by atoms with Crippen LogP contribution in [-0.4, -0.2) is 4.98 Å².